The zero-order chi connectivity index (χ0) is 15.1. The summed E-state index contributed by atoms with van der Waals surface area (Å²) in [6.07, 6.45) is 2.98. The van der Waals surface area contributed by atoms with Crippen molar-refractivity contribution in [1.29, 1.82) is 0 Å². The molecule has 0 saturated heterocycles. The van der Waals surface area contributed by atoms with E-state index in [0.29, 0.717) is 28.9 Å². The highest BCUT2D eigenvalue weighted by atomic mass is 35.5. The van der Waals surface area contributed by atoms with Gasteiger partial charge < -0.3 is 15.2 Å². The number of aromatic nitrogens is 2. The summed E-state index contributed by atoms with van der Waals surface area (Å²) in [4.78, 5) is 0. The van der Waals surface area contributed by atoms with Crippen molar-refractivity contribution < 1.29 is 9.84 Å². The summed E-state index contributed by atoms with van der Waals surface area (Å²) >= 11 is 12.0. The maximum Gasteiger partial charge on any atom is 0.156 e. The van der Waals surface area contributed by atoms with Crippen molar-refractivity contribution in [2.75, 3.05) is 19.7 Å². The molecule has 0 amide bonds. The predicted octanol–water partition coefficient (Wildman–Crippen LogP) is 2.22. The monoisotopic (exact) mass is 329 g/mol. The lowest BCUT2D eigenvalue weighted by molar-refractivity contribution is 0.106. The zero-order valence-corrected chi connectivity index (χ0v) is 12.9. The first-order chi connectivity index (χ1) is 10.2. The lowest BCUT2D eigenvalue weighted by atomic mass is 10.3. The molecular weight excluding hydrogens is 313 g/mol. The number of nitrogens with one attached hydrogen (secondary N) is 1. The molecule has 0 aliphatic carbocycles. The van der Waals surface area contributed by atoms with Crippen LogP contribution < -0.4 is 10.1 Å². The fourth-order valence-corrected chi connectivity index (χ4v) is 2.26. The van der Waals surface area contributed by atoms with Gasteiger partial charge in [-0.1, -0.05) is 29.3 Å². The van der Waals surface area contributed by atoms with Crippen molar-refractivity contribution in [3.8, 4) is 5.75 Å². The number of hydrogen-bond acceptors (Lipinski definition) is 4. The van der Waals surface area contributed by atoms with Gasteiger partial charge in [-0.2, -0.15) is 5.10 Å². The molecule has 114 valence electrons. The first kappa shape index (κ1) is 16.1. The maximum atomic E-state index is 9.85. The molecular formula is C14H17Cl2N3O2. The molecule has 0 aliphatic heterocycles. The van der Waals surface area contributed by atoms with Gasteiger partial charge in [-0.3, -0.25) is 4.68 Å². The molecule has 0 radical (unpaired) electrons. The van der Waals surface area contributed by atoms with Crippen LogP contribution in [0.2, 0.25) is 10.0 Å². The van der Waals surface area contributed by atoms with Gasteiger partial charge in [0, 0.05) is 25.5 Å². The van der Waals surface area contributed by atoms with Crippen LogP contribution in [0.3, 0.4) is 0 Å². The minimum Gasteiger partial charge on any atom is -0.488 e. The van der Waals surface area contributed by atoms with Crippen LogP contribution in [-0.4, -0.2) is 40.7 Å². The summed E-state index contributed by atoms with van der Waals surface area (Å²) < 4.78 is 7.28. The average Bonchev–Trinajstić information content (AvgIpc) is 2.96. The summed E-state index contributed by atoms with van der Waals surface area (Å²) in [7, 11) is 0. The van der Waals surface area contributed by atoms with E-state index in [9.17, 15) is 5.11 Å². The highest BCUT2D eigenvalue weighted by Crippen LogP contribution is 2.32. The Hall–Kier alpha value is -1.27. The number of halogens is 2. The Bertz CT molecular complexity index is 529. The number of ether oxygens (including phenoxy) is 1. The van der Waals surface area contributed by atoms with Crippen LogP contribution in [-0.2, 0) is 6.54 Å². The smallest absolute Gasteiger partial charge is 0.156 e. The van der Waals surface area contributed by atoms with Crippen molar-refractivity contribution in [3.63, 3.8) is 0 Å². The first-order valence-electron chi connectivity index (χ1n) is 6.60. The van der Waals surface area contributed by atoms with Crippen molar-refractivity contribution >= 4 is 23.2 Å². The van der Waals surface area contributed by atoms with Crippen molar-refractivity contribution in [3.05, 3.63) is 46.7 Å². The molecule has 2 N–H and O–H groups in total. The summed E-state index contributed by atoms with van der Waals surface area (Å²) in [5.74, 6) is 0.399. The number of nitrogens with zero attached hydrogens (tertiary/aromatic N) is 2. The van der Waals surface area contributed by atoms with E-state index in [4.69, 9.17) is 27.9 Å². The second kappa shape index (κ2) is 8.24. The second-order valence-electron chi connectivity index (χ2n) is 4.49. The fourth-order valence-electron chi connectivity index (χ4n) is 1.75. The molecule has 0 unspecified atom stereocenters. The van der Waals surface area contributed by atoms with E-state index in [1.54, 1.807) is 24.4 Å². The first-order valence-corrected chi connectivity index (χ1v) is 7.35. The normalized spacial score (nSPS) is 12.3. The second-order valence-corrected chi connectivity index (χ2v) is 5.30. The van der Waals surface area contributed by atoms with E-state index in [1.165, 1.54) is 0 Å². The van der Waals surface area contributed by atoms with Crippen molar-refractivity contribution in [2.24, 2.45) is 0 Å². The molecule has 0 bridgehead atoms. The lowest BCUT2D eigenvalue weighted by Gasteiger charge is -2.15. The van der Waals surface area contributed by atoms with Gasteiger partial charge in [0.05, 0.1) is 16.6 Å². The quantitative estimate of drug-likeness (QED) is 0.729. The average molecular weight is 330 g/mol. The fraction of sp³-hybridized carbons (Fsp3) is 0.357. The maximum absolute atomic E-state index is 9.85. The van der Waals surface area contributed by atoms with Crippen LogP contribution in [0.5, 0.6) is 5.75 Å². The summed E-state index contributed by atoms with van der Waals surface area (Å²) in [5.41, 5.74) is 0. The van der Waals surface area contributed by atoms with Gasteiger partial charge in [0.2, 0.25) is 0 Å². The zero-order valence-electron chi connectivity index (χ0n) is 11.4. The van der Waals surface area contributed by atoms with E-state index in [0.717, 1.165) is 6.54 Å². The van der Waals surface area contributed by atoms with E-state index in [-0.39, 0.29) is 6.61 Å². The summed E-state index contributed by atoms with van der Waals surface area (Å²) in [5, 5.41) is 17.9. The van der Waals surface area contributed by atoms with Crippen LogP contribution >= 0.6 is 23.2 Å². The number of benzene rings is 1. The molecule has 2 rings (SSSR count). The third-order valence-corrected chi connectivity index (χ3v) is 3.39. The third-order valence-electron chi connectivity index (χ3n) is 2.80. The molecule has 2 aromatic rings. The Labute approximate surface area is 133 Å². The van der Waals surface area contributed by atoms with Crippen LogP contribution in [0.15, 0.2) is 36.7 Å². The highest BCUT2D eigenvalue weighted by molar-refractivity contribution is 6.37. The lowest BCUT2D eigenvalue weighted by Crippen LogP contribution is -2.33. The summed E-state index contributed by atoms with van der Waals surface area (Å²) in [6.45, 7) is 2.00. The molecule has 0 fully saturated rings. The molecule has 0 spiro atoms. The Balaban J connectivity index is 1.66. The minimum atomic E-state index is -0.644. The van der Waals surface area contributed by atoms with Gasteiger partial charge in [-0.05, 0) is 18.2 Å². The van der Waals surface area contributed by atoms with E-state index in [1.807, 2.05) is 16.9 Å². The highest BCUT2D eigenvalue weighted by Gasteiger charge is 2.10. The topological polar surface area (TPSA) is 59.3 Å². The number of aliphatic hydroxyl groups excluding tert-OH is 1. The molecule has 1 aromatic carbocycles. The molecule has 0 saturated carbocycles. The molecule has 21 heavy (non-hydrogen) atoms. The van der Waals surface area contributed by atoms with Crippen LogP contribution in [0, 0.1) is 0 Å². The molecule has 1 heterocycles. The van der Waals surface area contributed by atoms with E-state index in [2.05, 4.69) is 10.4 Å². The Morgan fingerprint density at radius 3 is 2.71 bits per heavy atom. The third kappa shape index (κ3) is 5.21. The van der Waals surface area contributed by atoms with Crippen molar-refractivity contribution in [1.82, 2.24) is 15.1 Å². The number of rotatable bonds is 8. The Kier molecular flexibility index (Phi) is 6.32. The van der Waals surface area contributed by atoms with E-state index >= 15 is 0 Å². The Morgan fingerprint density at radius 2 is 2.05 bits per heavy atom. The van der Waals surface area contributed by atoms with Gasteiger partial charge in [0.25, 0.3) is 0 Å². The van der Waals surface area contributed by atoms with E-state index < -0.39 is 6.10 Å². The minimum absolute atomic E-state index is 0.123. The molecule has 1 atom stereocenters. The van der Waals surface area contributed by atoms with Crippen LogP contribution in [0.4, 0.5) is 0 Å². The largest absolute Gasteiger partial charge is 0.488 e. The predicted molar refractivity (Wildman–Crippen MR) is 83.1 cm³/mol. The number of aliphatic hydroxyl groups is 1. The van der Waals surface area contributed by atoms with Gasteiger partial charge in [0.15, 0.2) is 5.75 Å². The molecule has 0 aliphatic rings. The molecule has 7 heteroatoms. The van der Waals surface area contributed by atoms with Crippen LogP contribution in [0.25, 0.3) is 0 Å². The Morgan fingerprint density at radius 1 is 1.29 bits per heavy atom. The number of para-hydroxylation sites is 1. The van der Waals surface area contributed by atoms with Gasteiger partial charge in [-0.25, -0.2) is 0 Å². The summed E-state index contributed by atoms with van der Waals surface area (Å²) in [6, 6.07) is 7.00. The van der Waals surface area contributed by atoms with Crippen molar-refractivity contribution in [2.45, 2.75) is 12.6 Å². The molecule has 1 aromatic heterocycles. The van der Waals surface area contributed by atoms with Gasteiger partial charge >= 0.3 is 0 Å². The number of hydrogen-bond donors (Lipinski definition) is 2. The molecule has 5 nitrogen and oxygen atoms in total. The van der Waals surface area contributed by atoms with Gasteiger partial charge in [0.1, 0.15) is 12.7 Å². The van der Waals surface area contributed by atoms with Crippen LogP contribution in [0.1, 0.15) is 0 Å². The standard InChI is InChI=1S/C14H17Cl2N3O2/c15-12-3-1-4-13(16)14(12)21-10-11(20)9-17-6-8-19-7-2-5-18-19/h1-5,7,11,17,20H,6,8-10H2/t11-/m0/s1. The van der Waals surface area contributed by atoms with Gasteiger partial charge in [-0.15, -0.1) is 0 Å². The SMILES string of the molecule is O[C@@H](CNCCn1cccn1)COc1c(Cl)cccc1Cl.